The van der Waals surface area contributed by atoms with Crippen LogP contribution >= 0.6 is 0 Å². The summed E-state index contributed by atoms with van der Waals surface area (Å²) in [6.45, 7) is 3.08. The summed E-state index contributed by atoms with van der Waals surface area (Å²) < 4.78 is 0. The molecule has 1 aliphatic carbocycles. The molecule has 29 heavy (non-hydrogen) atoms. The van der Waals surface area contributed by atoms with Gasteiger partial charge in [-0.15, -0.1) is 0 Å². The maximum Gasteiger partial charge on any atom is 0.319 e. The van der Waals surface area contributed by atoms with Crippen molar-refractivity contribution < 1.29 is 9.59 Å². The number of para-hydroxylation sites is 2. The average molecular weight is 394 g/mol. The molecule has 0 heterocycles. The summed E-state index contributed by atoms with van der Waals surface area (Å²) >= 11 is 0. The van der Waals surface area contributed by atoms with Gasteiger partial charge in [0.2, 0.25) is 5.91 Å². The Labute approximate surface area is 173 Å². The number of nitrogens with one attached hydrogen (secondary N) is 2. The van der Waals surface area contributed by atoms with Crippen LogP contribution < -0.4 is 15.5 Å². The molecule has 5 heteroatoms. The van der Waals surface area contributed by atoms with Gasteiger partial charge in [-0.25, -0.2) is 4.79 Å². The maximum absolute atomic E-state index is 13.1. The molecular weight excluding hydrogens is 362 g/mol. The minimum atomic E-state index is -0.218. The van der Waals surface area contributed by atoms with E-state index >= 15 is 0 Å². The summed E-state index contributed by atoms with van der Waals surface area (Å²) in [5, 5.41) is 5.77. The van der Waals surface area contributed by atoms with Crippen molar-refractivity contribution in [3.8, 4) is 0 Å². The van der Waals surface area contributed by atoms with E-state index in [2.05, 4.69) is 10.6 Å². The molecule has 2 aromatic carbocycles. The zero-order valence-corrected chi connectivity index (χ0v) is 17.2. The van der Waals surface area contributed by atoms with E-state index in [1.54, 1.807) is 0 Å². The Bertz CT molecular complexity index is 801. The van der Waals surface area contributed by atoms with Gasteiger partial charge in [0.1, 0.15) is 0 Å². The monoisotopic (exact) mass is 393 g/mol. The van der Waals surface area contributed by atoms with Crippen molar-refractivity contribution in [3.05, 3.63) is 60.2 Å². The summed E-state index contributed by atoms with van der Waals surface area (Å²) in [6.07, 6.45) is 6.18. The quantitative estimate of drug-likeness (QED) is 0.641. The number of carbonyl (C=O) groups is 2. The normalized spacial score (nSPS) is 14.2. The Morgan fingerprint density at radius 3 is 2.38 bits per heavy atom. The number of aryl methyl sites for hydroxylation is 1. The van der Waals surface area contributed by atoms with Crippen LogP contribution in [0.2, 0.25) is 0 Å². The van der Waals surface area contributed by atoms with Crippen LogP contribution in [0.25, 0.3) is 0 Å². The van der Waals surface area contributed by atoms with Gasteiger partial charge in [0.05, 0.1) is 0 Å². The number of anilines is 2. The van der Waals surface area contributed by atoms with Crippen molar-refractivity contribution in [2.75, 3.05) is 23.3 Å². The maximum atomic E-state index is 13.1. The van der Waals surface area contributed by atoms with Crippen LogP contribution in [-0.2, 0) is 4.79 Å². The molecule has 0 bridgehead atoms. The van der Waals surface area contributed by atoms with E-state index < -0.39 is 0 Å². The molecule has 3 amide bonds. The van der Waals surface area contributed by atoms with Crippen LogP contribution in [-0.4, -0.2) is 25.0 Å². The second-order valence-electron chi connectivity index (χ2n) is 7.71. The van der Waals surface area contributed by atoms with E-state index in [0.29, 0.717) is 19.5 Å². The van der Waals surface area contributed by atoms with E-state index in [-0.39, 0.29) is 17.9 Å². The third-order valence-corrected chi connectivity index (χ3v) is 5.53. The highest BCUT2D eigenvalue weighted by Crippen LogP contribution is 2.27. The third kappa shape index (κ3) is 6.08. The van der Waals surface area contributed by atoms with Crippen LogP contribution in [0.15, 0.2) is 54.6 Å². The lowest BCUT2D eigenvalue weighted by Crippen LogP contribution is -2.39. The number of urea groups is 1. The number of hydrogen-bond donors (Lipinski definition) is 2. The van der Waals surface area contributed by atoms with Gasteiger partial charge in [-0.3, -0.25) is 4.79 Å². The lowest BCUT2D eigenvalue weighted by Gasteiger charge is -2.29. The van der Waals surface area contributed by atoms with Crippen molar-refractivity contribution in [1.29, 1.82) is 0 Å². The highest BCUT2D eigenvalue weighted by atomic mass is 16.2. The summed E-state index contributed by atoms with van der Waals surface area (Å²) in [4.78, 5) is 27.2. The van der Waals surface area contributed by atoms with E-state index in [4.69, 9.17) is 0 Å². The lowest BCUT2D eigenvalue weighted by molar-refractivity contribution is -0.123. The predicted octanol–water partition coefficient (Wildman–Crippen LogP) is 5.12. The molecule has 2 N–H and O–H groups in total. The topological polar surface area (TPSA) is 61.4 Å². The van der Waals surface area contributed by atoms with Gasteiger partial charge in [-0.2, -0.15) is 0 Å². The summed E-state index contributed by atoms with van der Waals surface area (Å²) in [5.41, 5.74) is 2.77. The molecule has 0 atom stereocenters. The standard InChI is InChI=1S/C24H31N3O2/c1-19-11-8-9-16-22(19)26-24(29)25-17-10-18-27(21-14-6-3-7-15-21)23(28)20-12-4-2-5-13-20/h3,6-9,11,14-16,20H,2,4-5,10,12-13,17-18H2,1H3,(H2,25,26,29). The SMILES string of the molecule is Cc1ccccc1NC(=O)NCCCN(C(=O)C1CCCCC1)c1ccccc1. The lowest BCUT2D eigenvalue weighted by atomic mass is 9.88. The van der Waals surface area contributed by atoms with Crippen LogP contribution in [0, 0.1) is 12.8 Å². The largest absolute Gasteiger partial charge is 0.338 e. The molecule has 0 spiro atoms. The van der Waals surface area contributed by atoms with Crippen molar-refractivity contribution in [3.63, 3.8) is 0 Å². The average Bonchev–Trinajstić information content (AvgIpc) is 2.76. The zero-order valence-electron chi connectivity index (χ0n) is 17.2. The minimum absolute atomic E-state index is 0.126. The fourth-order valence-electron chi connectivity index (χ4n) is 3.86. The number of rotatable bonds is 7. The van der Waals surface area contributed by atoms with Gasteiger partial charge in [-0.1, -0.05) is 55.7 Å². The molecular formula is C24H31N3O2. The molecule has 3 rings (SSSR count). The molecule has 1 fully saturated rings. The highest BCUT2D eigenvalue weighted by molar-refractivity contribution is 5.95. The molecule has 0 aromatic heterocycles. The first-order chi connectivity index (χ1) is 14.1. The fraction of sp³-hybridized carbons (Fsp3) is 0.417. The Balaban J connectivity index is 1.52. The van der Waals surface area contributed by atoms with Gasteiger partial charge in [0, 0.05) is 30.4 Å². The number of nitrogens with zero attached hydrogens (tertiary/aromatic N) is 1. The molecule has 154 valence electrons. The molecule has 0 unspecified atom stereocenters. The number of hydrogen-bond acceptors (Lipinski definition) is 2. The van der Waals surface area contributed by atoms with E-state index in [1.807, 2.05) is 66.4 Å². The fourth-order valence-corrected chi connectivity index (χ4v) is 3.86. The Morgan fingerprint density at radius 1 is 0.966 bits per heavy atom. The van der Waals surface area contributed by atoms with E-state index in [0.717, 1.165) is 42.6 Å². The summed E-state index contributed by atoms with van der Waals surface area (Å²) in [7, 11) is 0. The third-order valence-electron chi connectivity index (χ3n) is 5.53. The number of benzene rings is 2. The molecule has 2 aromatic rings. The Morgan fingerprint density at radius 2 is 1.66 bits per heavy atom. The number of carbonyl (C=O) groups excluding carboxylic acids is 2. The van der Waals surface area contributed by atoms with Gasteiger partial charge >= 0.3 is 6.03 Å². The van der Waals surface area contributed by atoms with Gasteiger partial charge < -0.3 is 15.5 Å². The van der Waals surface area contributed by atoms with Gasteiger partial charge in [0.25, 0.3) is 0 Å². The molecule has 0 aliphatic heterocycles. The molecule has 1 aliphatic rings. The molecule has 0 saturated heterocycles. The first kappa shape index (κ1) is 20.9. The molecule has 0 radical (unpaired) electrons. The Hall–Kier alpha value is -2.82. The van der Waals surface area contributed by atoms with Crippen LogP contribution in [0.3, 0.4) is 0 Å². The zero-order chi connectivity index (χ0) is 20.5. The van der Waals surface area contributed by atoms with Crippen molar-refractivity contribution >= 4 is 23.3 Å². The molecule has 1 saturated carbocycles. The van der Waals surface area contributed by atoms with Gasteiger partial charge in [0.15, 0.2) is 0 Å². The van der Waals surface area contributed by atoms with E-state index in [9.17, 15) is 9.59 Å². The van der Waals surface area contributed by atoms with Gasteiger partial charge in [-0.05, 0) is 49.9 Å². The Kier molecular flexibility index (Phi) is 7.68. The summed E-state index contributed by atoms with van der Waals surface area (Å²) in [6, 6.07) is 17.3. The highest BCUT2D eigenvalue weighted by Gasteiger charge is 2.26. The second-order valence-corrected chi connectivity index (χ2v) is 7.71. The van der Waals surface area contributed by atoms with Crippen molar-refractivity contribution in [1.82, 2.24) is 5.32 Å². The smallest absolute Gasteiger partial charge is 0.319 e. The van der Waals surface area contributed by atoms with Crippen molar-refractivity contribution in [2.24, 2.45) is 5.92 Å². The van der Waals surface area contributed by atoms with Crippen LogP contribution in [0.5, 0.6) is 0 Å². The molecule has 5 nitrogen and oxygen atoms in total. The second kappa shape index (κ2) is 10.6. The van der Waals surface area contributed by atoms with Crippen molar-refractivity contribution in [2.45, 2.75) is 45.4 Å². The number of amides is 3. The summed E-state index contributed by atoms with van der Waals surface area (Å²) in [5.74, 6) is 0.349. The van der Waals surface area contributed by atoms with E-state index in [1.165, 1.54) is 6.42 Å². The first-order valence-corrected chi connectivity index (χ1v) is 10.6. The van der Waals surface area contributed by atoms with Crippen LogP contribution in [0.1, 0.15) is 44.1 Å². The predicted molar refractivity (Wildman–Crippen MR) is 118 cm³/mol. The van der Waals surface area contributed by atoms with Crippen LogP contribution in [0.4, 0.5) is 16.2 Å². The minimum Gasteiger partial charge on any atom is -0.338 e. The first-order valence-electron chi connectivity index (χ1n) is 10.6.